The molecule has 0 aromatic heterocycles. The first-order chi connectivity index (χ1) is 9.05. The molecule has 0 aliphatic carbocycles. The van der Waals surface area contributed by atoms with Gasteiger partial charge in [-0.2, -0.15) is 0 Å². The zero-order valence-corrected chi connectivity index (χ0v) is 12.4. The standard InChI is InChI=1S/C17H26O2/c1-4-5-16-12-17(18,10-11-19-16)15-8-6-14(7-9-15)13(2)3/h6-9,13,16,18H,4-5,10-12H2,1-3H3. The summed E-state index contributed by atoms with van der Waals surface area (Å²) < 4.78 is 5.74. The van der Waals surface area contributed by atoms with Crippen molar-refractivity contribution in [3.63, 3.8) is 0 Å². The van der Waals surface area contributed by atoms with E-state index in [2.05, 4.69) is 45.0 Å². The van der Waals surface area contributed by atoms with Crippen molar-refractivity contribution >= 4 is 0 Å². The minimum atomic E-state index is -0.701. The zero-order chi connectivity index (χ0) is 13.9. The highest BCUT2D eigenvalue weighted by Gasteiger charge is 2.36. The molecule has 19 heavy (non-hydrogen) atoms. The minimum absolute atomic E-state index is 0.202. The van der Waals surface area contributed by atoms with Crippen LogP contribution in [-0.4, -0.2) is 17.8 Å². The van der Waals surface area contributed by atoms with Gasteiger partial charge in [0.1, 0.15) is 0 Å². The van der Waals surface area contributed by atoms with Crippen molar-refractivity contribution < 1.29 is 9.84 Å². The summed E-state index contributed by atoms with van der Waals surface area (Å²) in [4.78, 5) is 0. The number of ether oxygens (including phenoxy) is 1. The summed E-state index contributed by atoms with van der Waals surface area (Å²) in [6.07, 6.45) is 3.77. The number of benzene rings is 1. The van der Waals surface area contributed by atoms with Crippen LogP contribution >= 0.6 is 0 Å². The second-order valence-electron chi connectivity index (χ2n) is 6.04. The van der Waals surface area contributed by atoms with Gasteiger partial charge in [-0.3, -0.25) is 0 Å². The summed E-state index contributed by atoms with van der Waals surface area (Å²) in [5.41, 5.74) is 1.67. The van der Waals surface area contributed by atoms with Crippen molar-refractivity contribution in [3.05, 3.63) is 35.4 Å². The summed E-state index contributed by atoms with van der Waals surface area (Å²) in [5, 5.41) is 10.9. The third kappa shape index (κ3) is 3.37. The minimum Gasteiger partial charge on any atom is -0.385 e. The maximum atomic E-state index is 10.9. The maximum Gasteiger partial charge on any atom is 0.0943 e. The summed E-state index contributed by atoms with van der Waals surface area (Å²) in [7, 11) is 0. The second kappa shape index (κ2) is 6.06. The summed E-state index contributed by atoms with van der Waals surface area (Å²) >= 11 is 0. The molecule has 2 atom stereocenters. The predicted molar refractivity (Wildman–Crippen MR) is 78.3 cm³/mol. The molecule has 0 radical (unpaired) electrons. The number of aliphatic hydroxyl groups is 1. The molecule has 0 amide bonds. The van der Waals surface area contributed by atoms with Crippen molar-refractivity contribution in [2.24, 2.45) is 0 Å². The van der Waals surface area contributed by atoms with E-state index in [0.717, 1.165) is 24.8 Å². The van der Waals surface area contributed by atoms with Crippen LogP contribution in [0.4, 0.5) is 0 Å². The van der Waals surface area contributed by atoms with Gasteiger partial charge < -0.3 is 9.84 Å². The molecular weight excluding hydrogens is 236 g/mol. The van der Waals surface area contributed by atoms with Gasteiger partial charge in [0.05, 0.1) is 18.3 Å². The van der Waals surface area contributed by atoms with E-state index in [1.807, 2.05) is 0 Å². The fraction of sp³-hybridized carbons (Fsp3) is 0.647. The molecule has 1 aliphatic rings. The molecule has 0 spiro atoms. The quantitative estimate of drug-likeness (QED) is 0.889. The fourth-order valence-corrected chi connectivity index (χ4v) is 2.88. The molecule has 0 bridgehead atoms. The van der Waals surface area contributed by atoms with E-state index in [0.29, 0.717) is 18.9 Å². The van der Waals surface area contributed by atoms with Crippen molar-refractivity contribution in [1.82, 2.24) is 0 Å². The molecule has 2 heteroatoms. The van der Waals surface area contributed by atoms with Crippen LogP contribution in [0.5, 0.6) is 0 Å². The molecule has 2 nitrogen and oxygen atoms in total. The Morgan fingerprint density at radius 1 is 1.32 bits per heavy atom. The van der Waals surface area contributed by atoms with Crippen LogP contribution in [0, 0.1) is 0 Å². The van der Waals surface area contributed by atoms with Gasteiger partial charge in [0.15, 0.2) is 0 Å². The van der Waals surface area contributed by atoms with Gasteiger partial charge in [0, 0.05) is 12.8 Å². The van der Waals surface area contributed by atoms with Gasteiger partial charge >= 0.3 is 0 Å². The third-order valence-electron chi connectivity index (χ3n) is 4.16. The smallest absolute Gasteiger partial charge is 0.0943 e. The molecule has 1 N–H and O–H groups in total. The monoisotopic (exact) mass is 262 g/mol. The topological polar surface area (TPSA) is 29.5 Å². The second-order valence-corrected chi connectivity index (χ2v) is 6.04. The first-order valence-corrected chi connectivity index (χ1v) is 7.49. The average Bonchev–Trinajstić information content (AvgIpc) is 2.39. The lowest BCUT2D eigenvalue weighted by Crippen LogP contribution is -2.38. The van der Waals surface area contributed by atoms with Crippen molar-refractivity contribution in [3.8, 4) is 0 Å². The first-order valence-electron chi connectivity index (χ1n) is 7.49. The Kier molecular flexibility index (Phi) is 4.64. The maximum absolute atomic E-state index is 10.9. The number of hydrogen-bond donors (Lipinski definition) is 1. The molecule has 2 unspecified atom stereocenters. The molecule has 1 aliphatic heterocycles. The Hall–Kier alpha value is -0.860. The summed E-state index contributed by atoms with van der Waals surface area (Å²) in [5.74, 6) is 0.534. The van der Waals surface area contributed by atoms with Crippen LogP contribution in [0.3, 0.4) is 0 Å². The number of rotatable bonds is 4. The molecule has 2 rings (SSSR count). The van der Waals surface area contributed by atoms with Gasteiger partial charge in [-0.25, -0.2) is 0 Å². The van der Waals surface area contributed by atoms with E-state index in [-0.39, 0.29) is 6.10 Å². The van der Waals surface area contributed by atoms with Crippen molar-refractivity contribution in [2.45, 2.75) is 64.1 Å². The lowest BCUT2D eigenvalue weighted by atomic mass is 9.82. The molecule has 0 saturated carbocycles. The Bertz CT molecular complexity index is 394. The number of hydrogen-bond acceptors (Lipinski definition) is 2. The Labute approximate surface area is 116 Å². The van der Waals surface area contributed by atoms with Crippen LogP contribution in [0.1, 0.15) is 63.5 Å². The molecule has 1 aromatic rings. The zero-order valence-electron chi connectivity index (χ0n) is 12.4. The van der Waals surface area contributed by atoms with E-state index >= 15 is 0 Å². The molecule has 1 heterocycles. The highest BCUT2D eigenvalue weighted by molar-refractivity contribution is 5.29. The van der Waals surface area contributed by atoms with Crippen LogP contribution in [0.2, 0.25) is 0 Å². The van der Waals surface area contributed by atoms with E-state index in [9.17, 15) is 5.11 Å². The van der Waals surface area contributed by atoms with E-state index in [4.69, 9.17) is 4.74 Å². The highest BCUT2D eigenvalue weighted by atomic mass is 16.5. The van der Waals surface area contributed by atoms with Crippen LogP contribution in [0.15, 0.2) is 24.3 Å². The van der Waals surface area contributed by atoms with Crippen LogP contribution < -0.4 is 0 Å². The molecule has 1 aromatic carbocycles. The van der Waals surface area contributed by atoms with Crippen molar-refractivity contribution in [2.75, 3.05) is 6.61 Å². The van der Waals surface area contributed by atoms with Gasteiger partial charge in [-0.05, 0) is 23.5 Å². The lowest BCUT2D eigenvalue weighted by Gasteiger charge is -2.37. The van der Waals surface area contributed by atoms with Gasteiger partial charge in [0.2, 0.25) is 0 Å². The fourth-order valence-electron chi connectivity index (χ4n) is 2.88. The van der Waals surface area contributed by atoms with Crippen molar-refractivity contribution in [1.29, 1.82) is 0 Å². The predicted octanol–water partition coefficient (Wildman–Crippen LogP) is 3.98. The van der Waals surface area contributed by atoms with E-state index in [1.54, 1.807) is 0 Å². The largest absolute Gasteiger partial charge is 0.385 e. The molecule has 106 valence electrons. The van der Waals surface area contributed by atoms with E-state index in [1.165, 1.54) is 5.56 Å². The van der Waals surface area contributed by atoms with E-state index < -0.39 is 5.60 Å². The van der Waals surface area contributed by atoms with Gasteiger partial charge in [-0.1, -0.05) is 51.5 Å². The Morgan fingerprint density at radius 2 is 2.00 bits per heavy atom. The average molecular weight is 262 g/mol. The van der Waals surface area contributed by atoms with Gasteiger partial charge in [0.25, 0.3) is 0 Å². The summed E-state index contributed by atoms with van der Waals surface area (Å²) in [6.45, 7) is 7.20. The third-order valence-corrected chi connectivity index (χ3v) is 4.16. The SMILES string of the molecule is CCCC1CC(O)(c2ccc(C(C)C)cc2)CCO1. The van der Waals surface area contributed by atoms with Gasteiger partial charge in [-0.15, -0.1) is 0 Å². The molecular formula is C17H26O2. The Morgan fingerprint density at radius 3 is 2.58 bits per heavy atom. The normalized spacial score (nSPS) is 27.7. The summed E-state index contributed by atoms with van der Waals surface area (Å²) in [6, 6.07) is 8.46. The first kappa shape index (κ1) is 14.5. The van der Waals surface area contributed by atoms with Crippen LogP contribution in [0.25, 0.3) is 0 Å². The highest BCUT2D eigenvalue weighted by Crippen LogP contribution is 2.36. The van der Waals surface area contributed by atoms with Crippen LogP contribution in [-0.2, 0) is 10.3 Å². The Balaban J connectivity index is 2.14. The molecule has 1 saturated heterocycles. The molecule has 1 fully saturated rings. The lowest BCUT2D eigenvalue weighted by molar-refractivity contribution is -0.110.